The van der Waals surface area contributed by atoms with Crippen molar-refractivity contribution in [3.63, 3.8) is 0 Å². The highest BCUT2D eigenvalue weighted by atomic mass is 32.2. The number of hydrogen-bond donors (Lipinski definition) is 1. The molecule has 1 aliphatic heterocycles. The first-order chi connectivity index (χ1) is 13.8. The maximum absolute atomic E-state index is 12.9. The van der Waals surface area contributed by atoms with Crippen molar-refractivity contribution in [3.8, 4) is 0 Å². The average Bonchev–Trinajstić information content (AvgIpc) is 3.01. The SMILES string of the molecule is Cc1cc(C)nc(NC(=O)c2nc(CN3CCS(=O)(=O)CC3)c3ccccn23)n1. The molecule has 1 aliphatic rings. The molecule has 1 N–H and O–H groups in total. The number of amides is 1. The fourth-order valence-corrected chi connectivity index (χ4v) is 4.71. The Balaban J connectivity index is 1.61. The van der Waals surface area contributed by atoms with Crippen LogP contribution in [0, 0.1) is 13.8 Å². The number of anilines is 1. The highest BCUT2D eigenvalue weighted by molar-refractivity contribution is 7.91. The number of hydrogen-bond acceptors (Lipinski definition) is 7. The average molecular weight is 414 g/mol. The van der Waals surface area contributed by atoms with E-state index in [1.54, 1.807) is 10.6 Å². The summed E-state index contributed by atoms with van der Waals surface area (Å²) in [4.78, 5) is 28.0. The Labute approximate surface area is 168 Å². The van der Waals surface area contributed by atoms with Crippen LogP contribution >= 0.6 is 0 Å². The number of imidazole rings is 1. The number of aryl methyl sites for hydroxylation is 2. The van der Waals surface area contributed by atoms with Gasteiger partial charge in [0, 0.05) is 37.2 Å². The monoisotopic (exact) mass is 414 g/mol. The van der Waals surface area contributed by atoms with Crippen molar-refractivity contribution in [2.24, 2.45) is 0 Å². The molecule has 0 aromatic carbocycles. The molecule has 0 radical (unpaired) electrons. The lowest BCUT2D eigenvalue weighted by atomic mass is 10.3. The Kier molecular flexibility index (Phi) is 5.05. The normalized spacial score (nSPS) is 16.8. The van der Waals surface area contributed by atoms with E-state index in [0.29, 0.717) is 19.6 Å². The predicted molar refractivity (Wildman–Crippen MR) is 109 cm³/mol. The Hall–Kier alpha value is -2.85. The highest BCUT2D eigenvalue weighted by Crippen LogP contribution is 2.18. The fourth-order valence-electron chi connectivity index (χ4n) is 3.44. The number of rotatable bonds is 4. The van der Waals surface area contributed by atoms with Gasteiger partial charge in [-0.15, -0.1) is 0 Å². The molecule has 29 heavy (non-hydrogen) atoms. The zero-order chi connectivity index (χ0) is 20.6. The van der Waals surface area contributed by atoms with Crippen molar-refractivity contribution in [2.45, 2.75) is 20.4 Å². The molecule has 0 spiro atoms. The first-order valence-electron chi connectivity index (χ1n) is 9.33. The van der Waals surface area contributed by atoms with E-state index in [4.69, 9.17) is 0 Å². The smallest absolute Gasteiger partial charge is 0.294 e. The first kappa shape index (κ1) is 19.5. The van der Waals surface area contributed by atoms with Gasteiger partial charge < -0.3 is 0 Å². The Morgan fingerprint density at radius 2 is 1.79 bits per heavy atom. The van der Waals surface area contributed by atoms with Crippen molar-refractivity contribution in [1.82, 2.24) is 24.3 Å². The lowest BCUT2D eigenvalue weighted by Crippen LogP contribution is -2.39. The number of carbonyl (C=O) groups is 1. The Bertz CT molecular complexity index is 1150. The van der Waals surface area contributed by atoms with E-state index in [1.165, 1.54) is 0 Å². The number of sulfone groups is 1. The largest absolute Gasteiger partial charge is 0.295 e. The van der Waals surface area contributed by atoms with Crippen LogP contribution in [0.25, 0.3) is 5.52 Å². The van der Waals surface area contributed by atoms with Crippen molar-refractivity contribution in [1.29, 1.82) is 0 Å². The van der Waals surface area contributed by atoms with E-state index >= 15 is 0 Å². The summed E-state index contributed by atoms with van der Waals surface area (Å²) < 4.78 is 25.1. The highest BCUT2D eigenvalue weighted by Gasteiger charge is 2.24. The molecule has 0 bridgehead atoms. The van der Waals surface area contributed by atoms with Crippen LogP contribution in [-0.2, 0) is 16.4 Å². The fraction of sp³-hybridized carbons (Fsp3) is 0.368. The Morgan fingerprint density at radius 1 is 1.10 bits per heavy atom. The maximum atomic E-state index is 12.9. The van der Waals surface area contributed by atoms with E-state index in [-0.39, 0.29) is 23.3 Å². The number of nitrogens with zero attached hydrogens (tertiary/aromatic N) is 5. The first-order valence-corrected chi connectivity index (χ1v) is 11.2. The summed E-state index contributed by atoms with van der Waals surface area (Å²) in [6.07, 6.45) is 1.78. The second kappa shape index (κ2) is 7.53. The van der Waals surface area contributed by atoms with Crippen LogP contribution in [0.3, 0.4) is 0 Å². The van der Waals surface area contributed by atoms with Crippen LogP contribution in [0.1, 0.15) is 27.7 Å². The number of nitrogens with one attached hydrogen (secondary N) is 1. The third kappa shape index (κ3) is 4.28. The Morgan fingerprint density at radius 3 is 2.48 bits per heavy atom. The third-order valence-electron chi connectivity index (χ3n) is 4.85. The van der Waals surface area contributed by atoms with E-state index in [2.05, 4.69) is 20.3 Å². The standard InChI is InChI=1S/C19H22N6O3S/c1-13-11-14(2)21-19(20-13)23-18(26)17-22-15(16-5-3-4-6-25(16)17)12-24-7-9-29(27,28)10-8-24/h3-6,11H,7-10,12H2,1-2H3,(H,20,21,23,26). The molecule has 1 saturated heterocycles. The van der Waals surface area contributed by atoms with Gasteiger partial charge in [-0.2, -0.15) is 0 Å². The van der Waals surface area contributed by atoms with Gasteiger partial charge in [-0.05, 0) is 32.0 Å². The van der Waals surface area contributed by atoms with Gasteiger partial charge in [-0.1, -0.05) is 6.07 Å². The van der Waals surface area contributed by atoms with Crippen LogP contribution in [0.2, 0.25) is 0 Å². The molecule has 1 amide bonds. The molecule has 0 saturated carbocycles. The molecule has 4 rings (SSSR count). The van der Waals surface area contributed by atoms with Crippen molar-refractivity contribution >= 4 is 27.2 Å². The maximum Gasteiger partial charge on any atom is 0.294 e. The van der Waals surface area contributed by atoms with Crippen molar-refractivity contribution < 1.29 is 13.2 Å². The number of fused-ring (bicyclic) bond motifs is 1. The minimum atomic E-state index is -2.95. The van der Waals surface area contributed by atoms with Gasteiger partial charge >= 0.3 is 0 Å². The van der Waals surface area contributed by atoms with Crippen LogP contribution in [0.5, 0.6) is 0 Å². The summed E-state index contributed by atoms with van der Waals surface area (Å²) in [6.45, 7) is 5.09. The van der Waals surface area contributed by atoms with Crippen LogP contribution in [0.15, 0.2) is 30.5 Å². The molecule has 152 valence electrons. The molecule has 0 unspecified atom stereocenters. The lowest BCUT2D eigenvalue weighted by molar-refractivity contribution is 0.101. The van der Waals surface area contributed by atoms with Gasteiger partial charge in [-0.3, -0.25) is 19.4 Å². The van der Waals surface area contributed by atoms with E-state index in [0.717, 1.165) is 22.6 Å². The molecular weight excluding hydrogens is 392 g/mol. The predicted octanol–water partition coefficient (Wildman–Crippen LogP) is 1.22. The molecule has 10 heteroatoms. The molecule has 0 aliphatic carbocycles. The third-order valence-corrected chi connectivity index (χ3v) is 6.45. The lowest BCUT2D eigenvalue weighted by Gasteiger charge is -2.25. The molecule has 3 aromatic rings. The van der Waals surface area contributed by atoms with Gasteiger partial charge in [0.25, 0.3) is 5.91 Å². The van der Waals surface area contributed by atoms with Crippen molar-refractivity contribution in [3.05, 3.63) is 53.4 Å². The quantitative estimate of drug-likeness (QED) is 0.684. The minimum absolute atomic E-state index is 0.149. The summed E-state index contributed by atoms with van der Waals surface area (Å²) in [6, 6.07) is 7.44. The zero-order valence-corrected chi connectivity index (χ0v) is 17.1. The molecule has 9 nitrogen and oxygen atoms in total. The van der Waals surface area contributed by atoms with Gasteiger partial charge in [0.05, 0.1) is 22.7 Å². The summed E-state index contributed by atoms with van der Waals surface area (Å²) in [5.74, 6) is 0.376. The molecule has 4 heterocycles. The summed E-state index contributed by atoms with van der Waals surface area (Å²) >= 11 is 0. The van der Waals surface area contributed by atoms with E-state index in [9.17, 15) is 13.2 Å². The van der Waals surface area contributed by atoms with Gasteiger partial charge in [0.1, 0.15) is 0 Å². The second-order valence-corrected chi connectivity index (χ2v) is 9.50. The summed E-state index contributed by atoms with van der Waals surface area (Å²) in [5, 5.41) is 2.72. The van der Waals surface area contributed by atoms with E-state index in [1.807, 2.05) is 43.0 Å². The summed E-state index contributed by atoms with van der Waals surface area (Å²) in [5.41, 5.74) is 3.08. The van der Waals surface area contributed by atoms with E-state index < -0.39 is 15.7 Å². The number of carbonyl (C=O) groups excluding carboxylic acids is 1. The van der Waals surface area contributed by atoms with Gasteiger partial charge in [0.2, 0.25) is 11.8 Å². The molecule has 3 aromatic heterocycles. The van der Waals surface area contributed by atoms with Gasteiger partial charge in [-0.25, -0.2) is 23.4 Å². The van der Waals surface area contributed by atoms with Gasteiger partial charge in [0.15, 0.2) is 9.84 Å². The summed E-state index contributed by atoms with van der Waals surface area (Å²) in [7, 11) is -2.95. The molecular formula is C19H22N6O3S. The second-order valence-electron chi connectivity index (χ2n) is 7.19. The zero-order valence-electron chi connectivity index (χ0n) is 16.3. The molecule has 1 fully saturated rings. The minimum Gasteiger partial charge on any atom is -0.295 e. The van der Waals surface area contributed by atoms with Crippen LogP contribution in [0.4, 0.5) is 5.95 Å². The number of aromatic nitrogens is 4. The topological polar surface area (TPSA) is 110 Å². The van der Waals surface area contributed by atoms with Crippen LogP contribution in [-0.4, -0.2) is 63.2 Å². The van der Waals surface area contributed by atoms with Crippen molar-refractivity contribution in [2.75, 3.05) is 29.9 Å². The van der Waals surface area contributed by atoms with Crippen LogP contribution < -0.4 is 5.32 Å². The molecule has 0 atom stereocenters. The number of pyridine rings is 1.